The summed E-state index contributed by atoms with van der Waals surface area (Å²) in [5.41, 5.74) is 4.09. The fourth-order valence-electron chi connectivity index (χ4n) is 5.18. The molecule has 2 fully saturated rings. The zero-order valence-electron chi connectivity index (χ0n) is 19.4. The van der Waals surface area contributed by atoms with Gasteiger partial charge in [-0.15, -0.1) is 0 Å². The van der Waals surface area contributed by atoms with E-state index in [2.05, 4.69) is 12.1 Å². The van der Waals surface area contributed by atoms with Gasteiger partial charge in [0.05, 0.1) is 23.1 Å². The minimum absolute atomic E-state index is 0.166. The van der Waals surface area contributed by atoms with E-state index in [-0.39, 0.29) is 29.6 Å². The second-order valence-corrected chi connectivity index (χ2v) is 9.33. The summed E-state index contributed by atoms with van der Waals surface area (Å²) in [6.07, 6.45) is 2.25. The fourth-order valence-corrected chi connectivity index (χ4v) is 5.18. The van der Waals surface area contributed by atoms with Crippen LogP contribution in [0, 0.1) is 25.7 Å². The van der Waals surface area contributed by atoms with Crippen LogP contribution in [0.2, 0.25) is 0 Å². The third kappa shape index (κ3) is 4.03. The Morgan fingerprint density at radius 2 is 1.59 bits per heavy atom. The highest BCUT2D eigenvalue weighted by atomic mass is 16.5. The van der Waals surface area contributed by atoms with Crippen LogP contribution in [-0.2, 0) is 9.59 Å². The highest BCUT2D eigenvalue weighted by Gasteiger charge is 2.50. The van der Waals surface area contributed by atoms with E-state index in [1.54, 1.807) is 30.3 Å². The molecule has 1 saturated heterocycles. The lowest BCUT2D eigenvalue weighted by Gasteiger charge is -2.28. The number of nitrogens with zero attached hydrogens (tertiary/aromatic N) is 1. The number of carbonyl (C=O) groups is 3. The normalized spacial score (nSPS) is 21.9. The summed E-state index contributed by atoms with van der Waals surface area (Å²) < 4.78 is 5.54. The molecule has 1 heterocycles. The van der Waals surface area contributed by atoms with Crippen molar-refractivity contribution in [3.05, 3.63) is 95.1 Å². The van der Waals surface area contributed by atoms with Crippen molar-refractivity contribution in [2.45, 2.75) is 39.0 Å². The maximum absolute atomic E-state index is 13.4. The lowest BCUT2D eigenvalue weighted by molar-refractivity contribution is -0.122. The minimum atomic E-state index is -0.522. The van der Waals surface area contributed by atoms with Crippen LogP contribution < -0.4 is 9.64 Å². The molecule has 1 aliphatic heterocycles. The molecule has 34 heavy (non-hydrogen) atoms. The van der Waals surface area contributed by atoms with Gasteiger partial charge < -0.3 is 4.74 Å². The average Bonchev–Trinajstić information content (AvgIpc) is 3.11. The van der Waals surface area contributed by atoms with Crippen molar-refractivity contribution >= 4 is 23.5 Å². The van der Waals surface area contributed by atoms with Crippen molar-refractivity contribution in [2.24, 2.45) is 11.8 Å². The molecule has 0 aromatic heterocycles. The summed E-state index contributed by atoms with van der Waals surface area (Å²) in [4.78, 5) is 40.6. The van der Waals surface area contributed by atoms with Gasteiger partial charge in [0.1, 0.15) is 5.75 Å². The van der Waals surface area contributed by atoms with Crippen molar-refractivity contribution in [1.82, 2.24) is 0 Å². The van der Waals surface area contributed by atoms with Gasteiger partial charge in [-0.2, -0.15) is 0 Å². The summed E-state index contributed by atoms with van der Waals surface area (Å²) in [7, 11) is 0. The molecule has 5 rings (SSSR count). The van der Waals surface area contributed by atoms with Crippen molar-refractivity contribution in [3.8, 4) is 5.75 Å². The highest BCUT2D eigenvalue weighted by molar-refractivity contribution is 6.22. The molecule has 3 atom stereocenters. The molecular formula is C29H27NO4. The number of hydrogen-bond donors (Lipinski definition) is 0. The summed E-state index contributed by atoms with van der Waals surface area (Å²) >= 11 is 0. The summed E-state index contributed by atoms with van der Waals surface area (Å²) in [6.45, 7) is 3.95. The average molecular weight is 454 g/mol. The Morgan fingerprint density at radius 1 is 0.824 bits per heavy atom. The number of fused-ring (bicyclic) bond motifs is 1. The number of carbonyl (C=O) groups excluding carboxylic acids is 3. The van der Waals surface area contributed by atoms with Crippen LogP contribution in [0.1, 0.15) is 52.2 Å². The molecule has 0 N–H and O–H groups in total. The van der Waals surface area contributed by atoms with E-state index in [4.69, 9.17) is 4.74 Å². The van der Waals surface area contributed by atoms with Crippen molar-refractivity contribution in [3.63, 3.8) is 0 Å². The molecule has 5 nitrogen and oxygen atoms in total. The van der Waals surface area contributed by atoms with Gasteiger partial charge >= 0.3 is 5.97 Å². The second kappa shape index (κ2) is 8.90. The zero-order chi connectivity index (χ0) is 23.8. The van der Waals surface area contributed by atoms with Gasteiger partial charge in [0.15, 0.2) is 0 Å². The summed E-state index contributed by atoms with van der Waals surface area (Å²) in [6, 6.07) is 22.3. The topological polar surface area (TPSA) is 63.7 Å². The number of hydrogen-bond acceptors (Lipinski definition) is 4. The minimum Gasteiger partial charge on any atom is -0.423 e. The Bertz CT molecular complexity index is 1270. The largest absolute Gasteiger partial charge is 0.423 e. The van der Waals surface area contributed by atoms with E-state index >= 15 is 0 Å². The van der Waals surface area contributed by atoms with E-state index in [0.29, 0.717) is 29.8 Å². The Hall–Kier alpha value is -3.73. The fraction of sp³-hybridized carbons (Fsp3) is 0.276. The number of amides is 2. The lowest BCUT2D eigenvalue weighted by Crippen LogP contribution is -2.31. The van der Waals surface area contributed by atoms with Gasteiger partial charge in [-0.3, -0.25) is 14.5 Å². The molecule has 5 heteroatoms. The summed E-state index contributed by atoms with van der Waals surface area (Å²) in [5, 5.41) is 0. The number of aryl methyl sites for hydroxylation is 2. The molecule has 0 bridgehead atoms. The van der Waals surface area contributed by atoms with Gasteiger partial charge in [0, 0.05) is 0 Å². The van der Waals surface area contributed by atoms with Gasteiger partial charge in [-0.25, -0.2) is 4.79 Å². The zero-order valence-corrected chi connectivity index (χ0v) is 19.4. The Labute approximate surface area is 199 Å². The predicted octanol–water partition coefficient (Wildman–Crippen LogP) is 5.60. The van der Waals surface area contributed by atoms with Crippen molar-refractivity contribution in [2.75, 3.05) is 4.90 Å². The standard InChI is InChI=1S/C29H27NO4/c1-18-11-13-24(15-19(18)2)34-29(33)22-9-6-10-23(16-22)30-27(31)25-14-12-21(17-26(25)28(30)32)20-7-4-3-5-8-20/h3-11,13,15-16,21,25-26H,12,14,17H2,1-2H3. The monoisotopic (exact) mass is 453 g/mol. The Morgan fingerprint density at radius 3 is 2.35 bits per heavy atom. The molecule has 3 aromatic rings. The van der Waals surface area contributed by atoms with Gasteiger partial charge in [-0.05, 0) is 86.1 Å². The Kier molecular flexibility index (Phi) is 5.78. The third-order valence-corrected chi connectivity index (χ3v) is 7.23. The smallest absolute Gasteiger partial charge is 0.343 e. The van der Waals surface area contributed by atoms with Crippen LogP contribution in [0.4, 0.5) is 5.69 Å². The first-order chi connectivity index (χ1) is 16.4. The molecule has 3 unspecified atom stereocenters. The summed E-state index contributed by atoms with van der Waals surface area (Å²) in [5.74, 6) is -0.735. The molecule has 172 valence electrons. The van der Waals surface area contributed by atoms with Gasteiger partial charge in [-0.1, -0.05) is 42.5 Å². The number of esters is 1. The number of rotatable bonds is 4. The van der Waals surface area contributed by atoms with Crippen molar-refractivity contribution < 1.29 is 19.1 Å². The van der Waals surface area contributed by atoms with Crippen LogP contribution in [0.3, 0.4) is 0 Å². The van der Waals surface area contributed by atoms with Crippen LogP contribution in [0.25, 0.3) is 0 Å². The number of ether oxygens (including phenoxy) is 1. The first kappa shape index (κ1) is 22.1. The lowest BCUT2D eigenvalue weighted by atomic mass is 9.73. The molecule has 2 aliphatic rings. The molecule has 1 aliphatic carbocycles. The predicted molar refractivity (Wildman–Crippen MR) is 130 cm³/mol. The first-order valence-electron chi connectivity index (χ1n) is 11.7. The third-order valence-electron chi connectivity index (χ3n) is 7.23. The quantitative estimate of drug-likeness (QED) is 0.293. The highest BCUT2D eigenvalue weighted by Crippen LogP contribution is 2.45. The van der Waals surface area contributed by atoms with E-state index in [1.807, 2.05) is 44.2 Å². The number of imide groups is 1. The van der Waals surface area contributed by atoms with E-state index < -0.39 is 5.97 Å². The van der Waals surface area contributed by atoms with Crippen LogP contribution in [-0.4, -0.2) is 17.8 Å². The SMILES string of the molecule is Cc1ccc(OC(=O)c2cccc(N3C(=O)C4CCC(c5ccccc5)CC4C3=O)c2)cc1C. The molecule has 0 spiro atoms. The first-order valence-corrected chi connectivity index (χ1v) is 11.7. The van der Waals surface area contributed by atoms with E-state index in [9.17, 15) is 14.4 Å². The second-order valence-electron chi connectivity index (χ2n) is 9.33. The van der Waals surface area contributed by atoms with E-state index in [0.717, 1.165) is 17.5 Å². The van der Waals surface area contributed by atoms with Crippen LogP contribution in [0.15, 0.2) is 72.8 Å². The molecule has 2 amide bonds. The molecular weight excluding hydrogens is 426 g/mol. The maximum Gasteiger partial charge on any atom is 0.343 e. The van der Waals surface area contributed by atoms with Gasteiger partial charge in [0.2, 0.25) is 11.8 Å². The van der Waals surface area contributed by atoms with Gasteiger partial charge in [0.25, 0.3) is 0 Å². The van der Waals surface area contributed by atoms with Crippen molar-refractivity contribution in [1.29, 1.82) is 0 Å². The van der Waals surface area contributed by atoms with Crippen LogP contribution in [0.5, 0.6) is 5.75 Å². The maximum atomic E-state index is 13.4. The molecule has 3 aromatic carbocycles. The van der Waals surface area contributed by atoms with E-state index in [1.165, 1.54) is 10.5 Å². The molecule has 0 radical (unpaired) electrons. The Balaban J connectivity index is 1.35. The number of anilines is 1. The van der Waals surface area contributed by atoms with Crippen LogP contribution >= 0.6 is 0 Å². The number of benzene rings is 3. The molecule has 1 saturated carbocycles.